The number of nitrogen functional groups attached to an aromatic ring is 1. The van der Waals surface area contributed by atoms with Crippen LogP contribution in [0.5, 0.6) is 0 Å². The molecular weight excluding hydrogens is 482 g/mol. The lowest BCUT2D eigenvalue weighted by Crippen LogP contribution is -2.38. The van der Waals surface area contributed by atoms with Crippen molar-refractivity contribution in [2.75, 3.05) is 25.6 Å². The van der Waals surface area contributed by atoms with E-state index in [1.165, 1.54) is 12.7 Å². The van der Waals surface area contributed by atoms with E-state index in [-0.39, 0.29) is 25.6 Å². The lowest BCUT2D eigenvalue weighted by Gasteiger charge is -2.37. The number of benzene rings is 3. The Labute approximate surface area is 220 Å². The summed E-state index contributed by atoms with van der Waals surface area (Å²) in [5, 5.41) is 20.4. The standard InChI is InChI=1S/C29H29N5O4/c30-27-26-28(32-19-31-27)34(20-33-26)25(17-36)38-24(16-35)18-37-29(21-10-4-1-5-11-21,22-12-6-2-7-13-22)23-14-8-3-9-15-23/h1-15,19-20,24-25,35-36H,16-18H2,(H2,30,31,32). The van der Waals surface area contributed by atoms with Crippen molar-refractivity contribution in [2.45, 2.75) is 17.9 Å². The molecule has 2 unspecified atom stereocenters. The van der Waals surface area contributed by atoms with Crippen molar-refractivity contribution >= 4 is 17.0 Å². The van der Waals surface area contributed by atoms with Gasteiger partial charge < -0.3 is 25.4 Å². The predicted molar refractivity (Wildman–Crippen MR) is 143 cm³/mol. The molecule has 3 aromatic carbocycles. The fraction of sp³-hybridized carbons (Fsp3) is 0.207. The number of ether oxygens (including phenoxy) is 2. The van der Waals surface area contributed by atoms with Gasteiger partial charge in [0, 0.05) is 0 Å². The van der Waals surface area contributed by atoms with Crippen LogP contribution in [0.25, 0.3) is 11.2 Å². The third kappa shape index (κ3) is 4.88. The average Bonchev–Trinajstić information content (AvgIpc) is 3.42. The molecular formula is C29H29N5O4. The Morgan fingerprint density at radius 2 is 1.32 bits per heavy atom. The number of imidazole rings is 1. The van der Waals surface area contributed by atoms with Gasteiger partial charge in [-0.15, -0.1) is 0 Å². The third-order valence-electron chi connectivity index (χ3n) is 6.43. The Morgan fingerprint density at radius 1 is 0.763 bits per heavy atom. The average molecular weight is 512 g/mol. The molecule has 2 aromatic heterocycles. The monoisotopic (exact) mass is 511 g/mol. The molecule has 2 heterocycles. The van der Waals surface area contributed by atoms with Crippen molar-refractivity contribution in [3.05, 3.63) is 120 Å². The lowest BCUT2D eigenvalue weighted by molar-refractivity contribution is -0.136. The van der Waals surface area contributed by atoms with Crippen molar-refractivity contribution in [3.63, 3.8) is 0 Å². The first kappa shape index (κ1) is 25.5. The van der Waals surface area contributed by atoms with E-state index in [0.717, 1.165) is 16.7 Å². The first-order valence-corrected chi connectivity index (χ1v) is 12.3. The van der Waals surface area contributed by atoms with Gasteiger partial charge in [-0.1, -0.05) is 91.0 Å². The fourth-order valence-corrected chi connectivity index (χ4v) is 4.62. The maximum Gasteiger partial charge on any atom is 0.167 e. The van der Waals surface area contributed by atoms with E-state index in [1.54, 1.807) is 4.57 Å². The van der Waals surface area contributed by atoms with Crippen LogP contribution in [0.4, 0.5) is 5.82 Å². The van der Waals surface area contributed by atoms with Gasteiger partial charge >= 0.3 is 0 Å². The molecule has 0 saturated heterocycles. The molecule has 38 heavy (non-hydrogen) atoms. The van der Waals surface area contributed by atoms with Gasteiger partial charge in [0.2, 0.25) is 0 Å². The lowest BCUT2D eigenvalue weighted by atomic mass is 9.80. The maximum atomic E-state index is 10.3. The van der Waals surface area contributed by atoms with Crippen molar-refractivity contribution in [2.24, 2.45) is 0 Å². The van der Waals surface area contributed by atoms with Gasteiger partial charge in [0.05, 0.1) is 26.1 Å². The Hall–Kier alpha value is -4.15. The molecule has 5 rings (SSSR count). The molecule has 0 aliphatic carbocycles. The number of nitrogens with two attached hydrogens (primary N) is 1. The number of hydrogen-bond donors (Lipinski definition) is 3. The van der Waals surface area contributed by atoms with E-state index in [9.17, 15) is 10.2 Å². The number of fused-ring (bicyclic) bond motifs is 1. The molecule has 0 aliphatic heterocycles. The van der Waals surface area contributed by atoms with Crippen LogP contribution in [-0.2, 0) is 15.1 Å². The Balaban J connectivity index is 1.49. The quantitative estimate of drug-likeness (QED) is 0.231. The molecule has 5 aromatic rings. The second kappa shape index (κ2) is 11.5. The van der Waals surface area contributed by atoms with E-state index in [2.05, 4.69) is 15.0 Å². The maximum absolute atomic E-state index is 10.3. The van der Waals surface area contributed by atoms with Crippen LogP contribution in [0.3, 0.4) is 0 Å². The number of aromatic nitrogens is 4. The largest absolute Gasteiger partial charge is 0.394 e. The summed E-state index contributed by atoms with van der Waals surface area (Å²) in [6.45, 7) is -0.697. The topological polar surface area (TPSA) is 129 Å². The number of anilines is 1. The van der Waals surface area contributed by atoms with Gasteiger partial charge in [-0.25, -0.2) is 15.0 Å². The highest BCUT2D eigenvalue weighted by molar-refractivity contribution is 5.81. The molecule has 0 bridgehead atoms. The zero-order valence-corrected chi connectivity index (χ0v) is 20.7. The number of aliphatic hydroxyl groups is 2. The van der Waals surface area contributed by atoms with E-state index < -0.39 is 17.9 Å². The predicted octanol–water partition coefficient (Wildman–Crippen LogP) is 3.29. The first-order valence-electron chi connectivity index (χ1n) is 12.3. The van der Waals surface area contributed by atoms with Gasteiger partial charge in [0.25, 0.3) is 0 Å². The van der Waals surface area contributed by atoms with Crippen molar-refractivity contribution < 1.29 is 19.7 Å². The van der Waals surface area contributed by atoms with Gasteiger partial charge in [-0.05, 0) is 16.7 Å². The van der Waals surface area contributed by atoms with Crippen LogP contribution in [0.2, 0.25) is 0 Å². The van der Waals surface area contributed by atoms with Crippen LogP contribution in [0.15, 0.2) is 104 Å². The van der Waals surface area contributed by atoms with Gasteiger partial charge in [-0.3, -0.25) is 4.57 Å². The minimum atomic E-state index is -0.974. The minimum Gasteiger partial charge on any atom is -0.394 e. The van der Waals surface area contributed by atoms with Gasteiger partial charge in [0.15, 0.2) is 17.7 Å². The summed E-state index contributed by atoms with van der Waals surface area (Å²) in [6.07, 6.45) is 1.15. The summed E-state index contributed by atoms with van der Waals surface area (Å²) in [7, 11) is 0. The van der Waals surface area contributed by atoms with E-state index in [4.69, 9.17) is 15.2 Å². The molecule has 9 heteroatoms. The molecule has 0 aliphatic rings. The number of rotatable bonds is 11. The van der Waals surface area contributed by atoms with Crippen LogP contribution >= 0.6 is 0 Å². The molecule has 0 saturated carbocycles. The van der Waals surface area contributed by atoms with Crippen molar-refractivity contribution in [1.29, 1.82) is 0 Å². The minimum absolute atomic E-state index is 0.0232. The molecule has 0 spiro atoms. The van der Waals surface area contributed by atoms with Crippen LogP contribution in [-0.4, -0.2) is 55.7 Å². The highest BCUT2D eigenvalue weighted by atomic mass is 16.6. The summed E-state index contributed by atoms with van der Waals surface area (Å²) in [5.41, 5.74) is 8.55. The zero-order chi connectivity index (χ0) is 26.4. The van der Waals surface area contributed by atoms with E-state index in [1.807, 2.05) is 91.0 Å². The molecule has 2 atom stereocenters. The van der Waals surface area contributed by atoms with Crippen molar-refractivity contribution in [3.8, 4) is 0 Å². The second-order valence-corrected chi connectivity index (χ2v) is 8.75. The summed E-state index contributed by atoms with van der Waals surface area (Å²) < 4.78 is 14.5. The van der Waals surface area contributed by atoms with E-state index in [0.29, 0.717) is 11.2 Å². The molecule has 0 amide bonds. The van der Waals surface area contributed by atoms with E-state index >= 15 is 0 Å². The van der Waals surface area contributed by atoms with Crippen LogP contribution < -0.4 is 5.73 Å². The first-order chi connectivity index (χ1) is 18.7. The van der Waals surface area contributed by atoms with Gasteiger partial charge in [0.1, 0.15) is 23.5 Å². The Bertz CT molecular complexity index is 1350. The number of nitrogens with zero attached hydrogens (tertiary/aromatic N) is 4. The smallest absolute Gasteiger partial charge is 0.167 e. The Kier molecular flexibility index (Phi) is 7.71. The van der Waals surface area contributed by atoms with Crippen LogP contribution in [0.1, 0.15) is 22.9 Å². The van der Waals surface area contributed by atoms with Crippen LogP contribution in [0, 0.1) is 0 Å². The SMILES string of the molecule is Nc1ncnc2c1ncn2C(CO)OC(CO)COC(c1ccccc1)(c1ccccc1)c1ccccc1. The highest BCUT2D eigenvalue weighted by Crippen LogP contribution is 2.40. The third-order valence-corrected chi connectivity index (χ3v) is 6.43. The summed E-state index contributed by atoms with van der Waals surface area (Å²) in [5.74, 6) is 0.228. The summed E-state index contributed by atoms with van der Waals surface area (Å²) in [6, 6.07) is 29.8. The highest BCUT2D eigenvalue weighted by Gasteiger charge is 2.38. The second-order valence-electron chi connectivity index (χ2n) is 8.75. The number of aliphatic hydroxyl groups excluding tert-OH is 2. The molecule has 0 radical (unpaired) electrons. The molecule has 194 valence electrons. The van der Waals surface area contributed by atoms with Gasteiger partial charge in [-0.2, -0.15) is 0 Å². The molecule has 9 nitrogen and oxygen atoms in total. The number of hydrogen-bond acceptors (Lipinski definition) is 8. The summed E-state index contributed by atoms with van der Waals surface area (Å²) in [4.78, 5) is 12.4. The fourth-order valence-electron chi connectivity index (χ4n) is 4.62. The normalized spacial score (nSPS) is 13.4. The zero-order valence-electron chi connectivity index (χ0n) is 20.7. The van der Waals surface area contributed by atoms with Crippen molar-refractivity contribution in [1.82, 2.24) is 19.5 Å². The molecule has 4 N–H and O–H groups in total. The Morgan fingerprint density at radius 3 is 1.82 bits per heavy atom. The summed E-state index contributed by atoms with van der Waals surface area (Å²) >= 11 is 0. The molecule has 0 fully saturated rings.